The topological polar surface area (TPSA) is 106 Å². The summed E-state index contributed by atoms with van der Waals surface area (Å²) >= 11 is 0. The summed E-state index contributed by atoms with van der Waals surface area (Å²) in [6, 6.07) is 6.79. The van der Waals surface area contributed by atoms with Crippen molar-refractivity contribution in [2.75, 3.05) is 19.0 Å². The number of hydrazine groups is 1. The van der Waals surface area contributed by atoms with E-state index in [4.69, 9.17) is 9.47 Å². The highest BCUT2D eigenvalue weighted by Crippen LogP contribution is 2.16. The molecule has 0 unspecified atom stereocenters. The summed E-state index contributed by atoms with van der Waals surface area (Å²) in [4.78, 5) is 34.3. The van der Waals surface area contributed by atoms with Gasteiger partial charge in [0.15, 0.2) is 6.61 Å². The van der Waals surface area contributed by atoms with Crippen molar-refractivity contribution >= 4 is 23.5 Å². The molecule has 0 saturated heterocycles. The Balaban J connectivity index is 1.82. The first-order valence-electron chi connectivity index (χ1n) is 6.44. The van der Waals surface area contributed by atoms with Gasteiger partial charge in [0.05, 0.1) is 7.11 Å². The number of hydrogen-bond donors (Lipinski definition) is 3. The molecule has 8 nitrogen and oxygen atoms in total. The highest BCUT2D eigenvalue weighted by atomic mass is 16.5. The second-order valence-electron chi connectivity index (χ2n) is 4.35. The first kappa shape index (κ1) is 15.4. The summed E-state index contributed by atoms with van der Waals surface area (Å²) in [7, 11) is 1.52. The lowest BCUT2D eigenvalue weighted by Crippen LogP contribution is -2.42. The third-order valence-corrected chi connectivity index (χ3v) is 2.74. The molecular formula is C14H15N3O5. The van der Waals surface area contributed by atoms with Gasteiger partial charge in [0.1, 0.15) is 11.4 Å². The highest BCUT2D eigenvalue weighted by molar-refractivity contribution is 5.96. The molecule has 0 aromatic heterocycles. The fraction of sp³-hybridized carbons (Fsp3) is 0.214. The maximum absolute atomic E-state index is 11.7. The number of hydrogen-bond acceptors (Lipinski definition) is 6. The molecule has 1 aliphatic rings. The molecule has 0 bridgehead atoms. The van der Waals surface area contributed by atoms with Gasteiger partial charge in [-0.3, -0.25) is 20.4 Å². The number of nitrogens with one attached hydrogen (secondary N) is 3. The first-order valence-corrected chi connectivity index (χ1v) is 6.44. The summed E-state index contributed by atoms with van der Waals surface area (Å²) in [6.07, 6.45) is 1.47. The molecule has 0 atom stereocenters. The summed E-state index contributed by atoms with van der Waals surface area (Å²) in [6.45, 7) is -0.441. The van der Waals surface area contributed by atoms with Crippen LogP contribution in [0.25, 0.3) is 0 Å². The summed E-state index contributed by atoms with van der Waals surface area (Å²) in [5.41, 5.74) is 5.30. The lowest BCUT2D eigenvalue weighted by atomic mass is 10.3. The molecule has 1 aliphatic heterocycles. The minimum absolute atomic E-state index is 0.0768. The Hall–Kier alpha value is -3.03. The van der Waals surface area contributed by atoms with Crippen molar-refractivity contribution in [3.05, 3.63) is 36.0 Å². The van der Waals surface area contributed by atoms with Crippen LogP contribution < -0.4 is 20.9 Å². The van der Waals surface area contributed by atoms with Crippen LogP contribution in [0.1, 0.15) is 6.42 Å². The van der Waals surface area contributed by atoms with Crippen molar-refractivity contribution < 1.29 is 23.9 Å². The first-order chi connectivity index (χ1) is 10.6. The molecule has 1 aromatic rings. The van der Waals surface area contributed by atoms with Gasteiger partial charge in [-0.25, -0.2) is 4.79 Å². The van der Waals surface area contributed by atoms with Crippen LogP contribution in [0, 0.1) is 0 Å². The number of benzene rings is 1. The predicted octanol–water partition coefficient (Wildman–Crippen LogP) is 0.0853. The van der Waals surface area contributed by atoms with Gasteiger partial charge in [-0.15, -0.1) is 0 Å². The van der Waals surface area contributed by atoms with Crippen molar-refractivity contribution in [3.63, 3.8) is 0 Å². The SMILES string of the molecule is COc1cccc(NC(=O)COC(=O)C2=CCC(=O)NN2)c1. The minimum atomic E-state index is -0.721. The second-order valence-corrected chi connectivity index (χ2v) is 4.35. The molecule has 1 aromatic carbocycles. The molecule has 2 amide bonds. The highest BCUT2D eigenvalue weighted by Gasteiger charge is 2.17. The molecule has 0 spiro atoms. The molecule has 2 rings (SSSR count). The average Bonchev–Trinajstić information content (AvgIpc) is 2.53. The standard InChI is InChI=1S/C14H15N3O5/c1-21-10-4-2-3-9(7-10)15-13(19)8-22-14(20)11-5-6-12(18)17-16-11/h2-5,7,16H,6,8H2,1H3,(H,15,19)(H,17,18). The van der Waals surface area contributed by atoms with E-state index in [1.165, 1.54) is 13.2 Å². The van der Waals surface area contributed by atoms with E-state index in [0.717, 1.165) is 0 Å². The van der Waals surface area contributed by atoms with Crippen LogP contribution in [0.4, 0.5) is 5.69 Å². The second kappa shape index (κ2) is 7.11. The van der Waals surface area contributed by atoms with Crippen LogP contribution in [0.15, 0.2) is 36.0 Å². The van der Waals surface area contributed by atoms with Crippen LogP contribution in [0.2, 0.25) is 0 Å². The largest absolute Gasteiger partial charge is 0.497 e. The molecule has 0 radical (unpaired) electrons. The smallest absolute Gasteiger partial charge is 0.356 e. The zero-order chi connectivity index (χ0) is 15.9. The number of anilines is 1. The zero-order valence-electron chi connectivity index (χ0n) is 11.8. The Kier molecular flexibility index (Phi) is 4.97. The predicted molar refractivity (Wildman–Crippen MR) is 76.6 cm³/mol. The van der Waals surface area contributed by atoms with Crippen LogP contribution in [-0.2, 0) is 19.1 Å². The minimum Gasteiger partial charge on any atom is -0.497 e. The van der Waals surface area contributed by atoms with E-state index in [-0.39, 0.29) is 18.0 Å². The Labute approximate surface area is 126 Å². The third kappa shape index (κ3) is 4.23. The van der Waals surface area contributed by atoms with E-state index >= 15 is 0 Å². The van der Waals surface area contributed by atoms with Crippen molar-refractivity contribution in [1.82, 2.24) is 10.9 Å². The molecule has 22 heavy (non-hydrogen) atoms. The molecule has 8 heteroatoms. The van der Waals surface area contributed by atoms with Gasteiger partial charge in [-0.2, -0.15) is 0 Å². The van der Waals surface area contributed by atoms with Crippen LogP contribution >= 0.6 is 0 Å². The van der Waals surface area contributed by atoms with Gasteiger partial charge in [-0.05, 0) is 18.2 Å². The molecule has 116 valence electrons. The summed E-state index contributed by atoms with van der Waals surface area (Å²) < 4.78 is 9.88. The number of rotatable bonds is 5. The molecule has 0 aliphatic carbocycles. The Morgan fingerprint density at radius 3 is 2.82 bits per heavy atom. The fourth-order valence-electron chi connectivity index (χ4n) is 1.67. The Morgan fingerprint density at radius 1 is 1.32 bits per heavy atom. The van der Waals surface area contributed by atoms with Crippen LogP contribution in [0.5, 0.6) is 5.75 Å². The normalized spacial score (nSPS) is 13.3. The number of methoxy groups -OCH3 is 1. The maximum atomic E-state index is 11.7. The average molecular weight is 305 g/mol. The Bertz CT molecular complexity index is 627. The quantitative estimate of drug-likeness (QED) is 0.666. The number of esters is 1. The number of ether oxygens (including phenoxy) is 2. The Morgan fingerprint density at radius 2 is 2.14 bits per heavy atom. The van der Waals surface area contributed by atoms with E-state index in [1.807, 2.05) is 0 Å². The van der Waals surface area contributed by atoms with E-state index in [0.29, 0.717) is 11.4 Å². The van der Waals surface area contributed by atoms with Crippen molar-refractivity contribution in [3.8, 4) is 5.75 Å². The lowest BCUT2D eigenvalue weighted by Gasteiger charge is -2.15. The number of carbonyl (C=O) groups is 3. The number of amides is 2. The van der Waals surface area contributed by atoms with E-state index in [9.17, 15) is 14.4 Å². The molecular weight excluding hydrogens is 290 g/mol. The summed E-state index contributed by atoms with van der Waals surface area (Å²) in [5, 5.41) is 2.58. The van der Waals surface area contributed by atoms with Gasteiger partial charge in [0.2, 0.25) is 5.91 Å². The van der Waals surface area contributed by atoms with Crippen LogP contribution in [-0.4, -0.2) is 31.5 Å². The third-order valence-electron chi connectivity index (χ3n) is 2.74. The van der Waals surface area contributed by atoms with Crippen molar-refractivity contribution in [1.29, 1.82) is 0 Å². The molecule has 3 N–H and O–H groups in total. The fourth-order valence-corrected chi connectivity index (χ4v) is 1.67. The maximum Gasteiger partial charge on any atom is 0.356 e. The van der Waals surface area contributed by atoms with Gasteiger partial charge in [0.25, 0.3) is 5.91 Å². The lowest BCUT2D eigenvalue weighted by molar-refractivity contribution is -0.144. The molecule has 1 heterocycles. The van der Waals surface area contributed by atoms with Gasteiger partial charge in [-0.1, -0.05) is 6.07 Å². The van der Waals surface area contributed by atoms with E-state index in [1.54, 1.807) is 24.3 Å². The summed E-state index contributed by atoms with van der Waals surface area (Å²) in [5.74, 6) is -0.864. The van der Waals surface area contributed by atoms with Crippen molar-refractivity contribution in [2.45, 2.75) is 6.42 Å². The van der Waals surface area contributed by atoms with E-state index in [2.05, 4.69) is 16.2 Å². The van der Waals surface area contributed by atoms with Crippen molar-refractivity contribution in [2.24, 2.45) is 0 Å². The van der Waals surface area contributed by atoms with E-state index < -0.39 is 18.5 Å². The monoisotopic (exact) mass is 305 g/mol. The molecule has 0 saturated carbocycles. The van der Waals surface area contributed by atoms with Crippen LogP contribution in [0.3, 0.4) is 0 Å². The zero-order valence-corrected chi connectivity index (χ0v) is 11.8. The number of carbonyl (C=O) groups excluding carboxylic acids is 3. The van der Waals surface area contributed by atoms with Gasteiger partial charge in [0, 0.05) is 18.2 Å². The van der Waals surface area contributed by atoms with Gasteiger partial charge < -0.3 is 14.8 Å². The molecule has 0 fully saturated rings. The van der Waals surface area contributed by atoms with Gasteiger partial charge >= 0.3 is 5.97 Å².